The minimum atomic E-state index is -0.911. The van der Waals surface area contributed by atoms with Gasteiger partial charge in [-0.3, -0.25) is 0 Å². The Morgan fingerprint density at radius 2 is 1.95 bits per heavy atom. The van der Waals surface area contributed by atoms with Crippen molar-refractivity contribution in [1.82, 2.24) is 4.98 Å². The number of methoxy groups -OCH3 is 1. The molecule has 0 saturated heterocycles. The van der Waals surface area contributed by atoms with Gasteiger partial charge in [0.05, 0.1) is 24.4 Å². The summed E-state index contributed by atoms with van der Waals surface area (Å²) in [4.78, 5) is 15.5. The molecule has 0 aliphatic carbocycles. The third-order valence-electron chi connectivity index (χ3n) is 2.90. The third kappa shape index (κ3) is 4.19. The van der Waals surface area contributed by atoms with E-state index in [1.54, 1.807) is 14.0 Å². The maximum Gasteiger partial charge on any atom is 0.347 e. The van der Waals surface area contributed by atoms with Gasteiger partial charge in [0.25, 0.3) is 0 Å². The highest BCUT2D eigenvalue weighted by molar-refractivity contribution is 7.13. The molecule has 2 rings (SSSR count). The van der Waals surface area contributed by atoms with Gasteiger partial charge in [0.15, 0.2) is 0 Å². The number of hydrogen-bond acceptors (Lipinski definition) is 5. The summed E-state index contributed by atoms with van der Waals surface area (Å²) in [6.07, 6.45) is 1.51. The SMILES string of the molecule is COc1ccc(OCCCc2nc(C)c(C(=O)O)s2)cc1. The Hall–Kier alpha value is -2.08. The van der Waals surface area contributed by atoms with Gasteiger partial charge in [-0.05, 0) is 37.6 Å². The van der Waals surface area contributed by atoms with E-state index >= 15 is 0 Å². The summed E-state index contributed by atoms with van der Waals surface area (Å²) in [7, 11) is 1.62. The van der Waals surface area contributed by atoms with Crippen molar-refractivity contribution in [2.75, 3.05) is 13.7 Å². The smallest absolute Gasteiger partial charge is 0.347 e. The van der Waals surface area contributed by atoms with Gasteiger partial charge in [0.2, 0.25) is 0 Å². The highest BCUT2D eigenvalue weighted by Gasteiger charge is 2.13. The molecule has 1 heterocycles. The van der Waals surface area contributed by atoms with Crippen molar-refractivity contribution in [3.8, 4) is 11.5 Å². The predicted molar refractivity (Wildman–Crippen MR) is 80.6 cm³/mol. The van der Waals surface area contributed by atoms with Crippen LogP contribution < -0.4 is 9.47 Å². The van der Waals surface area contributed by atoms with Gasteiger partial charge in [-0.25, -0.2) is 9.78 Å². The molecule has 1 aromatic heterocycles. The van der Waals surface area contributed by atoms with Crippen LogP contribution in [-0.2, 0) is 6.42 Å². The number of ether oxygens (including phenoxy) is 2. The van der Waals surface area contributed by atoms with Crippen LogP contribution in [0.25, 0.3) is 0 Å². The van der Waals surface area contributed by atoms with Crippen LogP contribution in [0, 0.1) is 6.92 Å². The molecule has 1 aromatic carbocycles. The van der Waals surface area contributed by atoms with Gasteiger partial charge in [0.1, 0.15) is 16.4 Å². The Bertz CT molecular complexity index is 607. The molecule has 0 spiro atoms. The maximum absolute atomic E-state index is 10.9. The third-order valence-corrected chi connectivity index (χ3v) is 4.10. The molecule has 21 heavy (non-hydrogen) atoms. The molecule has 0 unspecified atom stereocenters. The monoisotopic (exact) mass is 307 g/mol. The Balaban J connectivity index is 1.79. The van der Waals surface area contributed by atoms with E-state index in [1.807, 2.05) is 24.3 Å². The quantitative estimate of drug-likeness (QED) is 0.796. The number of aryl methyl sites for hydroxylation is 2. The van der Waals surface area contributed by atoms with E-state index in [-0.39, 0.29) is 0 Å². The van der Waals surface area contributed by atoms with Gasteiger partial charge in [0, 0.05) is 6.42 Å². The van der Waals surface area contributed by atoms with Crippen molar-refractivity contribution < 1.29 is 19.4 Å². The van der Waals surface area contributed by atoms with Crippen molar-refractivity contribution in [3.63, 3.8) is 0 Å². The molecule has 0 fully saturated rings. The van der Waals surface area contributed by atoms with E-state index in [1.165, 1.54) is 11.3 Å². The highest BCUT2D eigenvalue weighted by atomic mass is 32.1. The molecule has 0 aliphatic rings. The Kier molecular flexibility index (Phi) is 5.16. The molecule has 0 radical (unpaired) electrons. The molecule has 0 saturated carbocycles. The van der Waals surface area contributed by atoms with Gasteiger partial charge >= 0.3 is 5.97 Å². The lowest BCUT2D eigenvalue weighted by Gasteiger charge is -2.06. The molecule has 1 N–H and O–H groups in total. The molecule has 5 nitrogen and oxygen atoms in total. The van der Waals surface area contributed by atoms with Crippen molar-refractivity contribution in [3.05, 3.63) is 39.8 Å². The van der Waals surface area contributed by atoms with Crippen LogP contribution in [0.5, 0.6) is 11.5 Å². The van der Waals surface area contributed by atoms with Crippen LogP contribution in [0.4, 0.5) is 0 Å². The fraction of sp³-hybridized carbons (Fsp3) is 0.333. The average Bonchev–Trinajstić information content (AvgIpc) is 2.85. The molecule has 0 atom stereocenters. The van der Waals surface area contributed by atoms with E-state index in [4.69, 9.17) is 14.6 Å². The maximum atomic E-state index is 10.9. The van der Waals surface area contributed by atoms with E-state index in [9.17, 15) is 4.79 Å². The molecular weight excluding hydrogens is 290 g/mol. The number of thiazole rings is 1. The van der Waals surface area contributed by atoms with E-state index < -0.39 is 5.97 Å². The summed E-state index contributed by atoms with van der Waals surface area (Å²) < 4.78 is 10.7. The van der Waals surface area contributed by atoms with E-state index in [0.29, 0.717) is 17.2 Å². The van der Waals surface area contributed by atoms with Crippen LogP contribution in [-0.4, -0.2) is 29.8 Å². The number of aromatic carboxylic acids is 1. The van der Waals surface area contributed by atoms with Crippen LogP contribution in [0.15, 0.2) is 24.3 Å². The average molecular weight is 307 g/mol. The topological polar surface area (TPSA) is 68.7 Å². The minimum absolute atomic E-state index is 0.320. The van der Waals surface area contributed by atoms with Gasteiger partial charge in [-0.15, -0.1) is 11.3 Å². The van der Waals surface area contributed by atoms with Gasteiger partial charge in [-0.1, -0.05) is 0 Å². The number of hydrogen-bond donors (Lipinski definition) is 1. The number of carboxylic acids is 1. The Morgan fingerprint density at radius 3 is 2.52 bits per heavy atom. The lowest BCUT2D eigenvalue weighted by Crippen LogP contribution is -1.99. The van der Waals surface area contributed by atoms with Gasteiger partial charge in [-0.2, -0.15) is 0 Å². The molecular formula is C15H17NO4S. The lowest BCUT2D eigenvalue weighted by atomic mass is 10.3. The second-order valence-corrected chi connectivity index (χ2v) is 5.54. The first-order valence-electron chi connectivity index (χ1n) is 6.56. The summed E-state index contributed by atoms with van der Waals surface area (Å²) in [5, 5.41) is 9.81. The summed E-state index contributed by atoms with van der Waals surface area (Å²) in [6.45, 7) is 2.28. The molecule has 0 aliphatic heterocycles. The fourth-order valence-corrected chi connectivity index (χ4v) is 2.79. The van der Waals surface area contributed by atoms with E-state index in [0.717, 1.165) is 29.3 Å². The zero-order valence-electron chi connectivity index (χ0n) is 12.0. The molecule has 2 aromatic rings. The minimum Gasteiger partial charge on any atom is -0.497 e. The second-order valence-electron chi connectivity index (χ2n) is 4.45. The lowest BCUT2D eigenvalue weighted by molar-refractivity contribution is 0.0701. The van der Waals surface area contributed by atoms with Gasteiger partial charge < -0.3 is 14.6 Å². The standard InChI is InChI=1S/C15H17NO4S/c1-10-14(15(17)18)21-13(16-10)4-3-9-20-12-7-5-11(19-2)6-8-12/h5-8H,3-4,9H2,1-2H3,(H,17,18). The molecule has 6 heteroatoms. The number of carboxylic acid groups (broad SMARTS) is 1. The summed E-state index contributed by atoms with van der Waals surface area (Å²) in [5.41, 5.74) is 0.582. The highest BCUT2D eigenvalue weighted by Crippen LogP contribution is 2.20. The first kappa shape index (κ1) is 15.3. The number of nitrogens with zero attached hydrogens (tertiary/aromatic N) is 1. The second kappa shape index (κ2) is 7.08. The van der Waals surface area contributed by atoms with Crippen molar-refractivity contribution in [2.24, 2.45) is 0 Å². The zero-order valence-corrected chi connectivity index (χ0v) is 12.8. The first-order chi connectivity index (χ1) is 10.1. The number of rotatable bonds is 7. The fourth-order valence-electron chi connectivity index (χ4n) is 1.84. The van der Waals surface area contributed by atoms with Crippen LogP contribution in [0.2, 0.25) is 0 Å². The van der Waals surface area contributed by atoms with Crippen molar-refractivity contribution in [2.45, 2.75) is 19.8 Å². The Morgan fingerprint density at radius 1 is 1.29 bits per heavy atom. The number of aromatic nitrogens is 1. The Labute approximate surface area is 127 Å². The summed E-state index contributed by atoms with van der Waals surface area (Å²) in [5.74, 6) is 0.671. The first-order valence-corrected chi connectivity index (χ1v) is 7.38. The summed E-state index contributed by atoms with van der Waals surface area (Å²) >= 11 is 1.24. The van der Waals surface area contributed by atoms with Crippen LogP contribution >= 0.6 is 11.3 Å². The summed E-state index contributed by atoms with van der Waals surface area (Å²) in [6, 6.07) is 7.40. The molecule has 0 amide bonds. The van der Waals surface area contributed by atoms with Crippen LogP contribution in [0.1, 0.15) is 26.8 Å². The molecule has 0 bridgehead atoms. The normalized spacial score (nSPS) is 10.4. The predicted octanol–water partition coefficient (Wildman–Crippen LogP) is 3.17. The number of carbonyl (C=O) groups is 1. The van der Waals surface area contributed by atoms with E-state index in [2.05, 4.69) is 4.98 Å². The zero-order chi connectivity index (χ0) is 15.2. The number of benzene rings is 1. The van der Waals surface area contributed by atoms with Crippen molar-refractivity contribution >= 4 is 17.3 Å². The van der Waals surface area contributed by atoms with Crippen molar-refractivity contribution in [1.29, 1.82) is 0 Å². The largest absolute Gasteiger partial charge is 0.497 e. The van der Waals surface area contributed by atoms with Crippen LogP contribution in [0.3, 0.4) is 0 Å². The molecule has 112 valence electrons.